The van der Waals surface area contributed by atoms with Crippen molar-refractivity contribution in [3.63, 3.8) is 0 Å². The summed E-state index contributed by atoms with van der Waals surface area (Å²) in [5, 5.41) is 15.2. The van der Waals surface area contributed by atoms with E-state index in [-0.39, 0.29) is 35.6 Å². The van der Waals surface area contributed by atoms with Crippen LogP contribution in [0.15, 0.2) is 54.7 Å². The number of hydrogen-bond acceptors (Lipinski definition) is 6. The Morgan fingerprint density at radius 2 is 1.73 bits per heavy atom. The van der Waals surface area contributed by atoms with Crippen LogP contribution in [0.25, 0.3) is 0 Å². The Hall–Kier alpha value is -3.86. The van der Waals surface area contributed by atoms with Gasteiger partial charge in [0.15, 0.2) is 12.4 Å². The summed E-state index contributed by atoms with van der Waals surface area (Å²) in [5.74, 6) is -1.38. The highest BCUT2D eigenvalue weighted by atomic mass is 19.1. The lowest BCUT2D eigenvalue weighted by atomic mass is 10.2. The van der Waals surface area contributed by atoms with Crippen molar-refractivity contribution in [2.75, 3.05) is 26.2 Å². The number of piperazine rings is 1. The molecule has 2 aromatic carbocycles. The second kappa shape index (κ2) is 9.74. The van der Waals surface area contributed by atoms with Crippen LogP contribution in [0, 0.1) is 21.7 Å². The molecule has 1 aromatic heterocycles. The number of nitrogens with zero attached hydrogens (tertiary/aromatic N) is 5. The van der Waals surface area contributed by atoms with E-state index in [2.05, 4.69) is 10.00 Å². The molecule has 4 rings (SSSR count). The van der Waals surface area contributed by atoms with Gasteiger partial charge in [-0.25, -0.2) is 13.5 Å². The lowest BCUT2D eigenvalue weighted by Crippen LogP contribution is -2.48. The SMILES string of the molecule is O=C(c1ccn(COc2cc(F)ccc2[N+](=O)[O-])n1)N1CCN(Cc2ccc(F)cc2)CC1. The maximum atomic E-state index is 13.4. The van der Waals surface area contributed by atoms with E-state index in [4.69, 9.17) is 4.74 Å². The Kier molecular flexibility index (Phi) is 6.59. The van der Waals surface area contributed by atoms with Crippen LogP contribution in [-0.4, -0.2) is 56.6 Å². The minimum Gasteiger partial charge on any atom is -0.464 e. The number of benzene rings is 2. The maximum Gasteiger partial charge on any atom is 0.311 e. The zero-order chi connectivity index (χ0) is 23.4. The minimum absolute atomic E-state index is 0.219. The van der Waals surface area contributed by atoms with E-state index < -0.39 is 10.7 Å². The average molecular weight is 457 g/mol. The first-order valence-electron chi connectivity index (χ1n) is 10.3. The number of carbonyl (C=O) groups excluding carboxylic acids is 1. The van der Waals surface area contributed by atoms with Gasteiger partial charge < -0.3 is 9.64 Å². The number of rotatable bonds is 7. The van der Waals surface area contributed by atoms with Crippen molar-refractivity contribution in [3.8, 4) is 5.75 Å². The molecule has 1 fully saturated rings. The molecule has 0 unspecified atom stereocenters. The number of nitro benzene ring substituents is 1. The fraction of sp³-hybridized carbons (Fsp3) is 0.273. The fourth-order valence-electron chi connectivity index (χ4n) is 3.56. The van der Waals surface area contributed by atoms with E-state index in [1.54, 1.807) is 17.0 Å². The molecule has 0 atom stereocenters. The van der Waals surface area contributed by atoms with Gasteiger partial charge in [-0.2, -0.15) is 5.10 Å². The third kappa shape index (κ3) is 5.50. The molecule has 172 valence electrons. The molecule has 3 aromatic rings. The first kappa shape index (κ1) is 22.3. The van der Waals surface area contributed by atoms with Crippen molar-refractivity contribution in [2.45, 2.75) is 13.3 Å². The predicted octanol–water partition coefficient (Wildman–Crippen LogP) is 3.06. The quantitative estimate of drug-likeness (QED) is 0.400. The van der Waals surface area contributed by atoms with E-state index in [1.165, 1.54) is 29.1 Å². The standard InChI is InChI=1S/C22H21F2N5O4/c23-17-3-1-16(2-4-17)14-26-9-11-27(12-10-26)22(30)19-7-8-28(25-19)15-33-21-13-18(24)5-6-20(21)29(31)32/h1-8,13H,9-12,14-15H2. The van der Waals surface area contributed by atoms with Gasteiger partial charge in [0.1, 0.15) is 11.6 Å². The molecule has 1 amide bonds. The van der Waals surface area contributed by atoms with Crippen LogP contribution in [0.1, 0.15) is 16.1 Å². The number of halogens is 2. The summed E-state index contributed by atoms with van der Waals surface area (Å²) in [6, 6.07) is 10.8. The first-order chi connectivity index (χ1) is 15.9. The summed E-state index contributed by atoms with van der Waals surface area (Å²) in [6.45, 7) is 2.87. The lowest BCUT2D eigenvalue weighted by molar-refractivity contribution is -0.386. The van der Waals surface area contributed by atoms with Crippen molar-refractivity contribution in [2.24, 2.45) is 0 Å². The summed E-state index contributed by atoms with van der Waals surface area (Å²) in [4.78, 5) is 27.1. The first-order valence-corrected chi connectivity index (χ1v) is 10.3. The summed E-state index contributed by atoms with van der Waals surface area (Å²) in [7, 11) is 0. The molecule has 1 saturated heterocycles. The molecule has 0 radical (unpaired) electrons. The molecule has 33 heavy (non-hydrogen) atoms. The zero-order valence-electron chi connectivity index (χ0n) is 17.6. The lowest BCUT2D eigenvalue weighted by Gasteiger charge is -2.34. The molecule has 0 spiro atoms. The molecular weight excluding hydrogens is 436 g/mol. The average Bonchev–Trinajstić information content (AvgIpc) is 3.28. The largest absolute Gasteiger partial charge is 0.464 e. The highest BCUT2D eigenvalue weighted by Crippen LogP contribution is 2.27. The number of amides is 1. The molecular formula is C22H21F2N5O4. The van der Waals surface area contributed by atoms with Crippen molar-refractivity contribution in [1.82, 2.24) is 19.6 Å². The predicted molar refractivity (Wildman–Crippen MR) is 113 cm³/mol. The number of aromatic nitrogens is 2. The second-order valence-corrected chi connectivity index (χ2v) is 7.58. The van der Waals surface area contributed by atoms with Gasteiger partial charge in [-0.05, 0) is 29.8 Å². The van der Waals surface area contributed by atoms with E-state index in [0.717, 1.165) is 23.8 Å². The number of carbonyl (C=O) groups is 1. The van der Waals surface area contributed by atoms with Gasteiger partial charge in [0.2, 0.25) is 5.75 Å². The van der Waals surface area contributed by atoms with Gasteiger partial charge in [-0.1, -0.05) is 12.1 Å². The van der Waals surface area contributed by atoms with Crippen molar-refractivity contribution in [1.29, 1.82) is 0 Å². The van der Waals surface area contributed by atoms with E-state index in [0.29, 0.717) is 32.7 Å². The zero-order valence-corrected chi connectivity index (χ0v) is 17.6. The van der Waals surface area contributed by atoms with Crippen LogP contribution < -0.4 is 4.74 Å². The molecule has 11 heteroatoms. The Bertz CT molecular complexity index is 1140. The topological polar surface area (TPSA) is 93.7 Å². The van der Waals surface area contributed by atoms with Crippen LogP contribution in [-0.2, 0) is 13.3 Å². The third-order valence-corrected chi connectivity index (χ3v) is 5.31. The molecule has 0 saturated carbocycles. The maximum absolute atomic E-state index is 13.4. The number of nitro groups is 1. The smallest absolute Gasteiger partial charge is 0.311 e. The molecule has 1 aliphatic heterocycles. The van der Waals surface area contributed by atoms with Gasteiger partial charge >= 0.3 is 5.69 Å². The summed E-state index contributed by atoms with van der Waals surface area (Å²) in [5.41, 5.74) is 0.867. The van der Waals surface area contributed by atoms with Gasteiger partial charge in [0.25, 0.3) is 5.91 Å². The Labute approximate surface area is 187 Å². The molecule has 0 bridgehead atoms. The minimum atomic E-state index is -0.664. The summed E-state index contributed by atoms with van der Waals surface area (Å²) in [6.07, 6.45) is 1.52. The van der Waals surface area contributed by atoms with Crippen LogP contribution in [0.3, 0.4) is 0 Å². The van der Waals surface area contributed by atoms with Gasteiger partial charge in [0.05, 0.1) is 4.92 Å². The van der Waals surface area contributed by atoms with Crippen molar-refractivity contribution >= 4 is 11.6 Å². The van der Waals surface area contributed by atoms with Crippen LogP contribution in [0.2, 0.25) is 0 Å². The van der Waals surface area contributed by atoms with E-state index >= 15 is 0 Å². The highest BCUT2D eigenvalue weighted by Gasteiger charge is 2.24. The number of hydrogen-bond donors (Lipinski definition) is 0. The molecule has 9 nitrogen and oxygen atoms in total. The Morgan fingerprint density at radius 3 is 2.42 bits per heavy atom. The van der Waals surface area contributed by atoms with E-state index in [9.17, 15) is 23.7 Å². The van der Waals surface area contributed by atoms with Crippen LogP contribution in [0.5, 0.6) is 5.75 Å². The fourth-order valence-corrected chi connectivity index (χ4v) is 3.56. The monoisotopic (exact) mass is 457 g/mol. The van der Waals surface area contributed by atoms with E-state index in [1.807, 2.05) is 0 Å². The van der Waals surface area contributed by atoms with Gasteiger partial charge in [-0.15, -0.1) is 0 Å². The molecule has 2 heterocycles. The van der Waals surface area contributed by atoms with Gasteiger partial charge in [0, 0.05) is 51.1 Å². The van der Waals surface area contributed by atoms with Crippen molar-refractivity contribution in [3.05, 3.63) is 87.7 Å². The second-order valence-electron chi connectivity index (χ2n) is 7.58. The molecule has 0 N–H and O–H groups in total. The highest BCUT2D eigenvalue weighted by molar-refractivity contribution is 5.92. The number of ether oxygens (including phenoxy) is 1. The normalized spacial score (nSPS) is 14.3. The van der Waals surface area contributed by atoms with Gasteiger partial charge in [-0.3, -0.25) is 19.8 Å². The van der Waals surface area contributed by atoms with Crippen LogP contribution >= 0.6 is 0 Å². The summed E-state index contributed by atoms with van der Waals surface area (Å²) >= 11 is 0. The Morgan fingerprint density at radius 1 is 1.03 bits per heavy atom. The molecule has 1 aliphatic rings. The summed E-state index contributed by atoms with van der Waals surface area (Å²) < 4.78 is 33.1. The Balaban J connectivity index is 1.31. The van der Waals surface area contributed by atoms with Crippen molar-refractivity contribution < 1.29 is 23.2 Å². The van der Waals surface area contributed by atoms with Crippen LogP contribution in [0.4, 0.5) is 14.5 Å². The molecule has 0 aliphatic carbocycles. The third-order valence-electron chi connectivity index (χ3n) is 5.31.